The van der Waals surface area contributed by atoms with Crippen molar-refractivity contribution in [2.75, 3.05) is 18.8 Å². The maximum atomic E-state index is 9.55. The molecule has 1 heterocycles. The number of nitrogens with one attached hydrogen (secondary N) is 2. The molecule has 0 bridgehead atoms. The number of halogens is 1. The number of rotatable bonds is 8. The molecule has 0 saturated carbocycles. The highest BCUT2D eigenvalue weighted by Crippen LogP contribution is 2.21. The fourth-order valence-electron chi connectivity index (χ4n) is 3.33. The van der Waals surface area contributed by atoms with E-state index in [1.807, 2.05) is 55.5 Å². The number of anilines is 1. The Kier molecular flexibility index (Phi) is 10.0. The fourth-order valence-corrected chi connectivity index (χ4v) is 3.33. The molecule has 0 radical (unpaired) electrons. The van der Waals surface area contributed by atoms with E-state index in [1.165, 1.54) is 5.56 Å². The lowest BCUT2D eigenvalue weighted by Crippen LogP contribution is -2.38. The molecule has 3 rings (SSSR count). The summed E-state index contributed by atoms with van der Waals surface area (Å²) in [6.45, 7) is 5.55. The molecule has 8 heteroatoms. The van der Waals surface area contributed by atoms with Gasteiger partial charge in [0.15, 0.2) is 5.96 Å². The first-order valence-electron chi connectivity index (χ1n) is 10.6. The Balaban J connectivity index is 0.00000363. The van der Waals surface area contributed by atoms with Gasteiger partial charge in [-0.3, -0.25) is 4.99 Å². The van der Waals surface area contributed by atoms with E-state index in [-0.39, 0.29) is 30.0 Å². The van der Waals surface area contributed by atoms with Gasteiger partial charge in [0.25, 0.3) is 0 Å². The Bertz CT molecular complexity index is 1040. The van der Waals surface area contributed by atoms with E-state index in [9.17, 15) is 5.26 Å². The predicted octanol–water partition coefficient (Wildman–Crippen LogP) is 4.19. The van der Waals surface area contributed by atoms with E-state index in [0.29, 0.717) is 30.0 Å². The molecule has 0 spiro atoms. The van der Waals surface area contributed by atoms with Crippen LogP contribution in [0.3, 0.4) is 0 Å². The minimum Gasteiger partial charge on any atom is -0.382 e. The monoisotopic (exact) mass is 543 g/mol. The van der Waals surface area contributed by atoms with Gasteiger partial charge in [-0.2, -0.15) is 10.4 Å². The van der Waals surface area contributed by atoms with Crippen molar-refractivity contribution >= 4 is 35.8 Å². The van der Waals surface area contributed by atoms with E-state index >= 15 is 0 Å². The molecule has 1 atom stereocenters. The second-order valence-electron chi connectivity index (χ2n) is 7.21. The van der Waals surface area contributed by atoms with Crippen LogP contribution in [0.4, 0.5) is 5.82 Å². The van der Waals surface area contributed by atoms with Gasteiger partial charge >= 0.3 is 0 Å². The number of hydrogen-bond acceptors (Lipinski definition) is 4. The van der Waals surface area contributed by atoms with Crippen LogP contribution in [0.5, 0.6) is 0 Å². The molecule has 0 saturated heterocycles. The summed E-state index contributed by atoms with van der Waals surface area (Å²) in [6.07, 6.45) is 1.39. The van der Waals surface area contributed by atoms with Crippen molar-refractivity contribution < 1.29 is 0 Å². The summed E-state index contributed by atoms with van der Waals surface area (Å²) in [5.74, 6) is 1.15. The van der Waals surface area contributed by atoms with Gasteiger partial charge < -0.3 is 16.4 Å². The van der Waals surface area contributed by atoms with Crippen LogP contribution >= 0.6 is 24.0 Å². The highest BCUT2D eigenvalue weighted by molar-refractivity contribution is 14.0. The number of nitrogens with two attached hydrogens (primary N) is 1. The summed E-state index contributed by atoms with van der Waals surface area (Å²) in [5.41, 5.74) is 9.37. The number of nitrogen functional groups attached to an aromatic ring is 1. The minimum atomic E-state index is 0. The zero-order chi connectivity index (χ0) is 22.1. The molecule has 1 aromatic heterocycles. The molecule has 1 unspecified atom stereocenters. The normalized spacial score (nSPS) is 11.8. The second kappa shape index (κ2) is 12.7. The summed E-state index contributed by atoms with van der Waals surface area (Å²) in [7, 11) is 0. The molecule has 4 N–H and O–H groups in total. The first-order chi connectivity index (χ1) is 15.1. The SMILES string of the molecule is CCNC(=NCCCc1nn(-c2ccccc2)c(N)c1C#N)NC(C)c1ccccc1.I. The summed E-state index contributed by atoms with van der Waals surface area (Å²) in [4.78, 5) is 4.68. The molecular weight excluding hydrogens is 513 g/mol. The number of para-hydroxylation sites is 1. The van der Waals surface area contributed by atoms with Crippen molar-refractivity contribution in [3.05, 3.63) is 77.5 Å². The zero-order valence-corrected chi connectivity index (χ0v) is 20.8. The fraction of sp³-hybridized carbons (Fsp3) is 0.292. The Hall–Kier alpha value is -3.06. The molecule has 7 nitrogen and oxygen atoms in total. The summed E-state index contributed by atoms with van der Waals surface area (Å²) < 4.78 is 1.63. The van der Waals surface area contributed by atoms with Crippen LogP contribution in [0.15, 0.2) is 65.7 Å². The zero-order valence-electron chi connectivity index (χ0n) is 18.5. The van der Waals surface area contributed by atoms with Crippen LogP contribution in [0.1, 0.15) is 43.1 Å². The lowest BCUT2D eigenvalue weighted by Gasteiger charge is -2.18. The minimum absolute atomic E-state index is 0. The standard InChI is InChI=1S/C24H29N7.HI/c1-3-27-24(29-18(2)19-11-6-4-7-12-19)28-16-10-15-22-21(17-25)23(26)31(30-22)20-13-8-5-9-14-20;/h4-9,11-14,18H,3,10,15-16,26H2,1-2H3,(H2,27,28,29);1H. The third-order valence-electron chi connectivity index (χ3n) is 4.94. The van der Waals surface area contributed by atoms with E-state index in [1.54, 1.807) is 4.68 Å². The highest BCUT2D eigenvalue weighted by atomic mass is 127. The maximum Gasteiger partial charge on any atom is 0.191 e. The Labute approximate surface area is 206 Å². The molecule has 168 valence electrons. The number of benzene rings is 2. The van der Waals surface area contributed by atoms with Gasteiger partial charge in [-0.25, -0.2) is 4.68 Å². The Morgan fingerprint density at radius 1 is 1.16 bits per heavy atom. The number of nitriles is 1. The second-order valence-corrected chi connectivity index (χ2v) is 7.21. The number of aryl methyl sites for hydroxylation is 1. The summed E-state index contributed by atoms with van der Waals surface area (Å²) in [5, 5.41) is 20.9. The Morgan fingerprint density at radius 2 is 1.81 bits per heavy atom. The first kappa shape index (κ1) is 25.2. The number of guanidine groups is 1. The van der Waals surface area contributed by atoms with Crippen LogP contribution in [0, 0.1) is 11.3 Å². The van der Waals surface area contributed by atoms with E-state index in [4.69, 9.17) is 5.73 Å². The smallest absolute Gasteiger partial charge is 0.191 e. The average molecular weight is 543 g/mol. The van der Waals surface area contributed by atoms with E-state index in [2.05, 4.69) is 45.9 Å². The van der Waals surface area contributed by atoms with Crippen LogP contribution in [0.2, 0.25) is 0 Å². The molecule has 3 aromatic rings. The summed E-state index contributed by atoms with van der Waals surface area (Å²) in [6, 6.07) is 22.2. The van der Waals surface area contributed by atoms with Crippen molar-refractivity contribution in [3.8, 4) is 11.8 Å². The maximum absolute atomic E-state index is 9.55. The molecule has 2 aromatic carbocycles. The van der Waals surface area contributed by atoms with Crippen molar-refractivity contribution in [2.24, 2.45) is 4.99 Å². The lowest BCUT2D eigenvalue weighted by atomic mass is 10.1. The van der Waals surface area contributed by atoms with Gasteiger partial charge in [-0.05, 0) is 44.4 Å². The van der Waals surface area contributed by atoms with Gasteiger partial charge in [-0.1, -0.05) is 48.5 Å². The highest BCUT2D eigenvalue weighted by Gasteiger charge is 2.16. The molecule has 0 aliphatic rings. The molecule has 0 aliphatic carbocycles. The molecule has 0 fully saturated rings. The van der Waals surface area contributed by atoms with Crippen molar-refractivity contribution in [1.82, 2.24) is 20.4 Å². The van der Waals surface area contributed by atoms with E-state index < -0.39 is 0 Å². The van der Waals surface area contributed by atoms with Crippen molar-refractivity contribution in [2.45, 2.75) is 32.7 Å². The molecule has 0 aliphatic heterocycles. The van der Waals surface area contributed by atoms with Gasteiger partial charge in [0, 0.05) is 13.1 Å². The van der Waals surface area contributed by atoms with Gasteiger partial charge in [0.2, 0.25) is 0 Å². The van der Waals surface area contributed by atoms with Gasteiger partial charge in [0.05, 0.1) is 17.4 Å². The van der Waals surface area contributed by atoms with Gasteiger partial charge in [-0.15, -0.1) is 24.0 Å². The third-order valence-corrected chi connectivity index (χ3v) is 4.94. The number of nitrogens with zero attached hydrogens (tertiary/aromatic N) is 4. The average Bonchev–Trinajstić information content (AvgIpc) is 3.13. The van der Waals surface area contributed by atoms with Gasteiger partial charge in [0.1, 0.15) is 17.5 Å². The van der Waals surface area contributed by atoms with Crippen LogP contribution in [-0.2, 0) is 6.42 Å². The van der Waals surface area contributed by atoms with Crippen molar-refractivity contribution in [1.29, 1.82) is 5.26 Å². The first-order valence-corrected chi connectivity index (χ1v) is 10.6. The topological polar surface area (TPSA) is 104 Å². The molecular formula is C24H30IN7. The largest absolute Gasteiger partial charge is 0.382 e. The third kappa shape index (κ3) is 6.47. The number of hydrogen-bond donors (Lipinski definition) is 3. The van der Waals surface area contributed by atoms with Crippen LogP contribution in [-0.4, -0.2) is 28.8 Å². The molecule has 32 heavy (non-hydrogen) atoms. The quantitative estimate of drug-likeness (QED) is 0.171. The van der Waals surface area contributed by atoms with Crippen molar-refractivity contribution in [3.63, 3.8) is 0 Å². The van der Waals surface area contributed by atoms with Crippen LogP contribution < -0.4 is 16.4 Å². The number of aliphatic imine (C=N–C) groups is 1. The Morgan fingerprint density at radius 3 is 2.44 bits per heavy atom. The molecule has 0 amide bonds. The van der Waals surface area contributed by atoms with Crippen LogP contribution in [0.25, 0.3) is 5.69 Å². The predicted molar refractivity (Wildman–Crippen MR) is 140 cm³/mol. The summed E-state index contributed by atoms with van der Waals surface area (Å²) >= 11 is 0. The van der Waals surface area contributed by atoms with E-state index in [0.717, 1.165) is 24.6 Å². The lowest BCUT2D eigenvalue weighted by molar-refractivity contribution is 0.682. The number of aromatic nitrogens is 2.